The van der Waals surface area contributed by atoms with Crippen molar-refractivity contribution in [2.75, 3.05) is 35.7 Å². The molecule has 2 fully saturated rings. The van der Waals surface area contributed by atoms with Crippen LogP contribution in [0.5, 0.6) is 0 Å². The fraction of sp³-hybridized carbons (Fsp3) is 0.464. The quantitative estimate of drug-likeness (QED) is 0.418. The van der Waals surface area contributed by atoms with E-state index in [0.717, 1.165) is 25.7 Å². The SMILES string of the molecule is CC(=O)N(C)c1ccc2oc(C(=O)Nc3ccc(Cl)cn3)c(NC(=O)CC3CCC(N4CCCC4)CC3)c2n1. The topological polar surface area (TPSA) is 121 Å². The van der Waals surface area contributed by atoms with Gasteiger partial charge in [0.2, 0.25) is 17.6 Å². The Balaban J connectivity index is 1.36. The number of fused-ring (bicyclic) bond motifs is 1. The summed E-state index contributed by atoms with van der Waals surface area (Å²) in [5.74, 6) is -0.154. The van der Waals surface area contributed by atoms with Gasteiger partial charge in [-0.05, 0) is 81.8 Å². The molecule has 1 saturated heterocycles. The van der Waals surface area contributed by atoms with Gasteiger partial charge in [0, 0.05) is 32.6 Å². The van der Waals surface area contributed by atoms with Gasteiger partial charge in [0.25, 0.3) is 5.91 Å². The summed E-state index contributed by atoms with van der Waals surface area (Å²) in [5.41, 5.74) is 0.776. The molecule has 3 aromatic heterocycles. The highest BCUT2D eigenvalue weighted by atomic mass is 35.5. The van der Waals surface area contributed by atoms with Gasteiger partial charge in [0.15, 0.2) is 5.58 Å². The number of nitrogens with one attached hydrogen (secondary N) is 2. The van der Waals surface area contributed by atoms with E-state index >= 15 is 0 Å². The predicted octanol–water partition coefficient (Wildman–Crippen LogP) is 5.09. The third-order valence-corrected chi connectivity index (χ3v) is 7.95. The standard InChI is InChI=1S/C28H33ClN6O4/c1-17(36)34(2)23-12-10-21-25(32-23)26(27(39-21)28(38)31-22-11-7-19(29)16-30-22)33-24(37)15-18-5-8-20(9-6-18)35-13-3-4-14-35/h7,10-12,16,18,20H,3-6,8-9,13-15H2,1-2H3,(H,33,37)(H,30,31,38). The lowest BCUT2D eigenvalue weighted by Crippen LogP contribution is -2.36. The lowest BCUT2D eigenvalue weighted by Gasteiger charge is -2.34. The average molecular weight is 553 g/mol. The molecule has 1 aliphatic heterocycles. The first kappa shape index (κ1) is 27.1. The summed E-state index contributed by atoms with van der Waals surface area (Å²) < 4.78 is 5.86. The van der Waals surface area contributed by atoms with E-state index in [9.17, 15) is 14.4 Å². The minimum absolute atomic E-state index is 0.0945. The first-order valence-electron chi connectivity index (χ1n) is 13.4. The fourth-order valence-corrected chi connectivity index (χ4v) is 5.60. The molecule has 3 amide bonds. The summed E-state index contributed by atoms with van der Waals surface area (Å²) in [4.78, 5) is 51.0. The van der Waals surface area contributed by atoms with Crippen LogP contribution in [0.4, 0.5) is 17.3 Å². The molecule has 0 aromatic carbocycles. The minimum atomic E-state index is -0.592. The van der Waals surface area contributed by atoms with Crippen LogP contribution in [-0.2, 0) is 9.59 Å². The van der Waals surface area contributed by atoms with Crippen LogP contribution in [0.2, 0.25) is 5.02 Å². The van der Waals surface area contributed by atoms with Gasteiger partial charge in [-0.1, -0.05) is 11.6 Å². The Morgan fingerprint density at radius 2 is 1.82 bits per heavy atom. The van der Waals surface area contributed by atoms with Gasteiger partial charge >= 0.3 is 0 Å². The molecule has 5 rings (SSSR count). The van der Waals surface area contributed by atoms with E-state index in [1.54, 1.807) is 31.3 Å². The van der Waals surface area contributed by atoms with Crippen LogP contribution in [0, 0.1) is 5.92 Å². The molecule has 11 heteroatoms. The Morgan fingerprint density at radius 1 is 1.08 bits per heavy atom. The Kier molecular flexibility index (Phi) is 8.13. The highest BCUT2D eigenvalue weighted by molar-refractivity contribution is 6.30. The summed E-state index contributed by atoms with van der Waals surface area (Å²) in [6.07, 6.45) is 8.55. The van der Waals surface area contributed by atoms with Crippen LogP contribution in [0.25, 0.3) is 11.1 Å². The number of furan rings is 1. The second-order valence-electron chi connectivity index (χ2n) is 10.4. The van der Waals surface area contributed by atoms with Gasteiger partial charge in [0.05, 0.1) is 5.02 Å². The third kappa shape index (κ3) is 6.23. The molecular formula is C28H33ClN6O4. The van der Waals surface area contributed by atoms with Crippen molar-refractivity contribution >= 4 is 57.7 Å². The molecule has 0 atom stereocenters. The van der Waals surface area contributed by atoms with Gasteiger partial charge in [0.1, 0.15) is 22.8 Å². The molecule has 0 bridgehead atoms. The Hall–Kier alpha value is -3.50. The van der Waals surface area contributed by atoms with Crippen molar-refractivity contribution in [2.24, 2.45) is 5.92 Å². The van der Waals surface area contributed by atoms with E-state index in [2.05, 4.69) is 25.5 Å². The van der Waals surface area contributed by atoms with Crippen LogP contribution >= 0.6 is 11.6 Å². The highest BCUT2D eigenvalue weighted by Crippen LogP contribution is 2.34. The number of carbonyl (C=O) groups excluding carboxylic acids is 3. The van der Waals surface area contributed by atoms with Gasteiger partial charge in [-0.25, -0.2) is 9.97 Å². The summed E-state index contributed by atoms with van der Waals surface area (Å²) in [6, 6.07) is 7.05. The van der Waals surface area contributed by atoms with E-state index in [-0.39, 0.29) is 35.0 Å². The van der Waals surface area contributed by atoms with Crippen molar-refractivity contribution in [1.29, 1.82) is 0 Å². The number of aromatic nitrogens is 2. The van der Waals surface area contributed by atoms with Gasteiger partial charge < -0.3 is 24.9 Å². The molecule has 2 N–H and O–H groups in total. The number of rotatable bonds is 7. The van der Waals surface area contributed by atoms with Crippen molar-refractivity contribution in [3.63, 3.8) is 0 Å². The summed E-state index contributed by atoms with van der Waals surface area (Å²) in [7, 11) is 1.60. The van der Waals surface area contributed by atoms with Crippen molar-refractivity contribution in [3.8, 4) is 0 Å². The first-order valence-corrected chi connectivity index (χ1v) is 13.8. The minimum Gasteiger partial charge on any atom is -0.447 e. The van der Waals surface area contributed by atoms with Crippen LogP contribution in [-0.4, -0.2) is 58.8 Å². The maximum Gasteiger partial charge on any atom is 0.294 e. The number of anilines is 3. The molecule has 0 spiro atoms. The van der Waals surface area contributed by atoms with Crippen molar-refractivity contribution in [1.82, 2.24) is 14.9 Å². The van der Waals surface area contributed by atoms with Gasteiger partial charge in [-0.2, -0.15) is 0 Å². The number of pyridine rings is 2. The number of likely N-dealkylation sites (tertiary alicyclic amines) is 1. The molecule has 4 heterocycles. The predicted molar refractivity (Wildman–Crippen MR) is 150 cm³/mol. The molecule has 2 aliphatic rings. The number of carbonyl (C=O) groups is 3. The molecule has 1 saturated carbocycles. The molecule has 206 valence electrons. The van der Waals surface area contributed by atoms with E-state index in [1.807, 2.05) is 0 Å². The fourth-order valence-electron chi connectivity index (χ4n) is 5.49. The molecule has 3 aromatic rings. The molecule has 10 nitrogen and oxygen atoms in total. The van der Waals surface area contributed by atoms with E-state index in [1.165, 1.54) is 44.0 Å². The summed E-state index contributed by atoms with van der Waals surface area (Å²) in [5, 5.41) is 6.02. The van der Waals surface area contributed by atoms with Gasteiger partial charge in [-0.3, -0.25) is 14.4 Å². The molecular weight excluding hydrogens is 520 g/mol. The molecule has 39 heavy (non-hydrogen) atoms. The largest absolute Gasteiger partial charge is 0.447 e. The number of amides is 3. The van der Waals surface area contributed by atoms with Crippen LogP contribution in [0.3, 0.4) is 0 Å². The van der Waals surface area contributed by atoms with Crippen LogP contribution in [0.1, 0.15) is 62.4 Å². The number of halogens is 1. The monoisotopic (exact) mass is 552 g/mol. The van der Waals surface area contributed by atoms with Crippen molar-refractivity contribution in [3.05, 3.63) is 41.2 Å². The highest BCUT2D eigenvalue weighted by Gasteiger charge is 2.30. The zero-order chi connectivity index (χ0) is 27.5. The second-order valence-corrected chi connectivity index (χ2v) is 10.8. The Bertz CT molecular complexity index is 1360. The Labute approximate surface area is 232 Å². The zero-order valence-corrected chi connectivity index (χ0v) is 23.0. The lowest BCUT2D eigenvalue weighted by atomic mass is 9.83. The first-order chi connectivity index (χ1) is 18.8. The maximum atomic E-state index is 13.2. The van der Waals surface area contributed by atoms with E-state index < -0.39 is 5.91 Å². The van der Waals surface area contributed by atoms with Crippen LogP contribution < -0.4 is 15.5 Å². The smallest absolute Gasteiger partial charge is 0.294 e. The number of hydrogen-bond donors (Lipinski definition) is 2. The van der Waals surface area contributed by atoms with Crippen molar-refractivity contribution < 1.29 is 18.8 Å². The van der Waals surface area contributed by atoms with E-state index in [0.29, 0.717) is 34.4 Å². The summed E-state index contributed by atoms with van der Waals surface area (Å²) in [6.45, 7) is 3.81. The Morgan fingerprint density at radius 3 is 2.49 bits per heavy atom. The molecule has 0 radical (unpaired) electrons. The van der Waals surface area contributed by atoms with Crippen LogP contribution in [0.15, 0.2) is 34.9 Å². The maximum absolute atomic E-state index is 13.2. The van der Waals surface area contributed by atoms with Gasteiger partial charge in [-0.15, -0.1) is 0 Å². The van der Waals surface area contributed by atoms with Crippen molar-refractivity contribution in [2.45, 2.75) is 57.9 Å². The lowest BCUT2D eigenvalue weighted by molar-refractivity contribution is -0.117. The molecule has 0 unspecified atom stereocenters. The number of nitrogens with zero attached hydrogens (tertiary/aromatic N) is 4. The summed E-state index contributed by atoms with van der Waals surface area (Å²) >= 11 is 5.90. The normalized spacial score (nSPS) is 19.7. The van der Waals surface area contributed by atoms with E-state index in [4.69, 9.17) is 16.0 Å². The molecule has 1 aliphatic carbocycles. The zero-order valence-electron chi connectivity index (χ0n) is 22.2. The number of hydrogen-bond acceptors (Lipinski definition) is 7. The average Bonchev–Trinajstić information content (AvgIpc) is 3.58. The third-order valence-electron chi connectivity index (χ3n) is 7.72. The second kappa shape index (κ2) is 11.7.